The molecule has 0 fully saturated rings. The first-order valence-corrected chi connectivity index (χ1v) is 6.88. The van der Waals surface area contributed by atoms with Gasteiger partial charge in [-0.25, -0.2) is 9.97 Å². The molecule has 0 radical (unpaired) electrons. The molecule has 0 amide bonds. The Morgan fingerprint density at radius 2 is 1.78 bits per heavy atom. The van der Waals surface area contributed by atoms with Crippen molar-refractivity contribution in [3.8, 4) is 22.9 Å². The Bertz CT molecular complexity index is 771. The average molecular weight is 315 g/mol. The van der Waals surface area contributed by atoms with Crippen molar-refractivity contribution in [2.75, 3.05) is 0 Å². The summed E-state index contributed by atoms with van der Waals surface area (Å²) in [7, 11) is 0. The van der Waals surface area contributed by atoms with Crippen molar-refractivity contribution in [1.29, 1.82) is 0 Å². The number of nitrogens with zero attached hydrogens (tertiary/aromatic N) is 2. The summed E-state index contributed by atoms with van der Waals surface area (Å²) in [4.78, 5) is 10.1. The first-order valence-electron chi connectivity index (χ1n) is 5.27. The fourth-order valence-electron chi connectivity index (χ4n) is 1.71. The second-order valence-electron chi connectivity index (χ2n) is 3.66. The quantitative estimate of drug-likeness (QED) is 0.632. The lowest BCUT2D eigenvalue weighted by molar-refractivity contribution is 1.27. The predicted octanol–water partition coefficient (Wildman–Crippen LogP) is 4.10. The smallest absolute Gasteiger partial charge is 0.140 e. The molecule has 2 heterocycles. The van der Waals surface area contributed by atoms with E-state index in [0.717, 1.165) is 25.4 Å². The molecule has 18 heavy (non-hydrogen) atoms. The molecule has 3 aromatic rings. The molecule has 86 valence electrons. The van der Waals surface area contributed by atoms with Gasteiger partial charge in [0.05, 0.1) is 19.7 Å². The summed E-state index contributed by atoms with van der Waals surface area (Å²) >= 11 is 5.04. The molecule has 0 aliphatic rings. The lowest BCUT2D eigenvalue weighted by atomic mass is 10.2. The molecule has 1 aromatic carbocycles. The molecule has 0 unspecified atom stereocenters. The lowest BCUT2D eigenvalue weighted by Crippen LogP contribution is -1.93. The van der Waals surface area contributed by atoms with Crippen LogP contribution in [-0.2, 0) is 0 Å². The standard InChI is InChI=1S/C14H7BrN2S/c1-2-9-14(12-7-8-13(15)18-12)17-11-6-4-3-5-10(11)16-9/h1,3-8H. The monoisotopic (exact) mass is 314 g/mol. The Morgan fingerprint density at radius 3 is 2.39 bits per heavy atom. The normalized spacial score (nSPS) is 10.4. The van der Waals surface area contributed by atoms with Crippen molar-refractivity contribution in [2.45, 2.75) is 0 Å². The zero-order valence-corrected chi connectivity index (χ0v) is 11.6. The third-order valence-electron chi connectivity index (χ3n) is 2.51. The molecule has 2 aromatic heterocycles. The Morgan fingerprint density at radius 1 is 1.06 bits per heavy atom. The van der Waals surface area contributed by atoms with Gasteiger partial charge in [0.1, 0.15) is 11.4 Å². The summed E-state index contributed by atoms with van der Waals surface area (Å²) < 4.78 is 1.05. The molecule has 4 heteroatoms. The maximum absolute atomic E-state index is 5.53. The molecular formula is C14H7BrN2S. The topological polar surface area (TPSA) is 25.8 Å². The minimum absolute atomic E-state index is 0.586. The van der Waals surface area contributed by atoms with Crippen LogP contribution in [0.3, 0.4) is 0 Å². The molecule has 0 aliphatic heterocycles. The number of aromatic nitrogens is 2. The van der Waals surface area contributed by atoms with Gasteiger partial charge in [-0.3, -0.25) is 0 Å². The Hall–Kier alpha value is -1.70. The highest BCUT2D eigenvalue weighted by atomic mass is 79.9. The van der Waals surface area contributed by atoms with Crippen LogP contribution in [0, 0.1) is 12.3 Å². The van der Waals surface area contributed by atoms with E-state index in [2.05, 4.69) is 31.8 Å². The van der Waals surface area contributed by atoms with Crippen LogP contribution in [0.5, 0.6) is 0 Å². The van der Waals surface area contributed by atoms with E-state index >= 15 is 0 Å². The van der Waals surface area contributed by atoms with Gasteiger partial charge < -0.3 is 0 Å². The van der Waals surface area contributed by atoms with Crippen molar-refractivity contribution in [3.05, 3.63) is 45.9 Å². The molecule has 0 saturated heterocycles. The van der Waals surface area contributed by atoms with Gasteiger partial charge in [0, 0.05) is 0 Å². The van der Waals surface area contributed by atoms with Crippen LogP contribution in [0.4, 0.5) is 0 Å². The van der Waals surface area contributed by atoms with Gasteiger partial charge in [-0.15, -0.1) is 17.8 Å². The summed E-state index contributed by atoms with van der Waals surface area (Å²) in [6.45, 7) is 0. The molecule has 0 aliphatic carbocycles. The van der Waals surface area contributed by atoms with Crippen LogP contribution in [0.15, 0.2) is 40.2 Å². The highest BCUT2D eigenvalue weighted by molar-refractivity contribution is 9.11. The van der Waals surface area contributed by atoms with Crippen LogP contribution < -0.4 is 0 Å². The largest absolute Gasteiger partial charge is 0.242 e. The van der Waals surface area contributed by atoms with Crippen LogP contribution in [0.2, 0.25) is 0 Å². The number of benzene rings is 1. The van der Waals surface area contributed by atoms with E-state index in [0.29, 0.717) is 5.69 Å². The molecule has 0 N–H and O–H groups in total. The van der Waals surface area contributed by atoms with E-state index < -0.39 is 0 Å². The highest BCUT2D eigenvalue weighted by Crippen LogP contribution is 2.32. The van der Waals surface area contributed by atoms with E-state index in [1.54, 1.807) is 11.3 Å². The van der Waals surface area contributed by atoms with Gasteiger partial charge in [0.2, 0.25) is 0 Å². The van der Waals surface area contributed by atoms with Crippen LogP contribution in [-0.4, -0.2) is 9.97 Å². The number of para-hydroxylation sites is 2. The first-order chi connectivity index (χ1) is 8.78. The molecule has 0 bridgehead atoms. The Balaban J connectivity index is 2.31. The van der Waals surface area contributed by atoms with Gasteiger partial charge in [0.15, 0.2) is 0 Å². The first kappa shape index (κ1) is 11.4. The van der Waals surface area contributed by atoms with Crippen LogP contribution in [0.1, 0.15) is 5.69 Å². The molecule has 0 atom stereocenters. The zero-order chi connectivity index (χ0) is 12.5. The number of hydrogen-bond donors (Lipinski definition) is 0. The molecule has 0 saturated carbocycles. The van der Waals surface area contributed by atoms with E-state index in [9.17, 15) is 0 Å². The summed E-state index contributed by atoms with van der Waals surface area (Å²) in [6, 6.07) is 11.7. The van der Waals surface area contributed by atoms with Crippen molar-refractivity contribution >= 4 is 38.3 Å². The zero-order valence-electron chi connectivity index (χ0n) is 9.22. The summed E-state index contributed by atoms with van der Waals surface area (Å²) in [5, 5.41) is 0. The minimum Gasteiger partial charge on any atom is -0.242 e. The molecule has 2 nitrogen and oxygen atoms in total. The summed E-state index contributed by atoms with van der Waals surface area (Å²) in [6.07, 6.45) is 5.53. The second-order valence-corrected chi connectivity index (χ2v) is 6.12. The Labute approximate surface area is 117 Å². The van der Waals surface area contributed by atoms with Crippen molar-refractivity contribution < 1.29 is 0 Å². The van der Waals surface area contributed by atoms with Gasteiger partial charge in [-0.2, -0.15) is 0 Å². The van der Waals surface area contributed by atoms with Gasteiger partial charge in [0.25, 0.3) is 0 Å². The number of thiophene rings is 1. The van der Waals surface area contributed by atoms with Crippen LogP contribution >= 0.6 is 27.3 Å². The molecular weight excluding hydrogens is 308 g/mol. The third-order valence-corrected chi connectivity index (χ3v) is 4.14. The second kappa shape index (κ2) is 4.52. The fraction of sp³-hybridized carbons (Fsp3) is 0. The highest BCUT2D eigenvalue weighted by Gasteiger charge is 2.11. The molecule has 0 spiro atoms. The number of terminal acetylenes is 1. The number of halogens is 1. The predicted molar refractivity (Wildman–Crippen MR) is 78.5 cm³/mol. The van der Waals surface area contributed by atoms with Crippen molar-refractivity contribution in [3.63, 3.8) is 0 Å². The third kappa shape index (κ3) is 1.92. The SMILES string of the molecule is C#Cc1nc2ccccc2nc1-c1ccc(Br)s1. The minimum atomic E-state index is 0.586. The van der Waals surface area contributed by atoms with Gasteiger partial charge >= 0.3 is 0 Å². The van der Waals surface area contributed by atoms with E-state index in [1.165, 1.54) is 0 Å². The summed E-state index contributed by atoms with van der Waals surface area (Å²) in [5.41, 5.74) is 3.04. The van der Waals surface area contributed by atoms with Gasteiger partial charge in [-0.05, 0) is 46.1 Å². The Kier molecular flexibility index (Phi) is 2.86. The average Bonchev–Trinajstić information content (AvgIpc) is 2.83. The van der Waals surface area contributed by atoms with Crippen molar-refractivity contribution in [1.82, 2.24) is 9.97 Å². The van der Waals surface area contributed by atoms with Crippen molar-refractivity contribution in [2.24, 2.45) is 0 Å². The maximum Gasteiger partial charge on any atom is 0.140 e. The number of rotatable bonds is 1. The van der Waals surface area contributed by atoms with Gasteiger partial charge in [-0.1, -0.05) is 12.1 Å². The fourth-order valence-corrected chi connectivity index (χ4v) is 3.09. The summed E-state index contributed by atoms with van der Waals surface area (Å²) in [5.74, 6) is 2.61. The number of hydrogen-bond acceptors (Lipinski definition) is 3. The van der Waals surface area contributed by atoms with E-state index in [4.69, 9.17) is 6.42 Å². The molecule has 3 rings (SSSR count). The van der Waals surface area contributed by atoms with E-state index in [-0.39, 0.29) is 0 Å². The maximum atomic E-state index is 5.53. The number of fused-ring (bicyclic) bond motifs is 1. The van der Waals surface area contributed by atoms with Crippen LogP contribution in [0.25, 0.3) is 21.6 Å². The lowest BCUT2D eigenvalue weighted by Gasteiger charge is -2.03. The van der Waals surface area contributed by atoms with E-state index in [1.807, 2.05) is 36.4 Å².